The highest BCUT2D eigenvalue weighted by Crippen LogP contribution is 2.19. The largest absolute Gasteiger partial charge is 0.382 e. The number of fused-ring (bicyclic) bond motifs is 1. The summed E-state index contributed by atoms with van der Waals surface area (Å²) in [7, 11) is 0. The number of hydrogen-bond donors (Lipinski definition) is 2. The summed E-state index contributed by atoms with van der Waals surface area (Å²) in [5.74, 6) is 0. The van der Waals surface area contributed by atoms with Gasteiger partial charge in [0.05, 0.1) is 11.7 Å². The van der Waals surface area contributed by atoms with Gasteiger partial charge in [0.1, 0.15) is 0 Å². The van der Waals surface area contributed by atoms with E-state index < -0.39 is 0 Å². The van der Waals surface area contributed by atoms with Crippen molar-refractivity contribution in [2.45, 2.75) is 25.8 Å². The van der Waals surface area contributed by atoms with Crippen LogP contribution in [0.5, 0.6) is 0 Å². The molecule has 0 radical (unpaired) electrons. The lowest BCUT2D eigenvalue weighted by Crippen LogP contribution is -2.21. The van der Waals surface area contributed by atoms with E-state index in [0.717, 1.165) is 29.4 Å². The zero-order valence-corrected chi connectivity index (χ0v) is 11.6. The van der Waals surface area contributed by atoms with Gasteiger partial charge in [-0.1, -0.05) is 37.3 Å². The van der Waals surface area contributed by atoms with Gasteiger partial charge < -0.3 is 5.32 Å². The molecule has 1 aromatic heterocycles. The van der Waals surface area contributed by atoms with Gasteiger partial charge in [0.2, 0.25) is 0 Å². The van der Waals surface area contributed by atoms with Crippen LogP contribution < -0.4 is 5.32 Å². The van der Waals surface area contributed by atoms with Crippen LogP contribution in [0.4, 0.5) is 5.69 Å². The number of H-pyrrole nitrogens is 1. The number of benzene rings is 2. The minimum atomic E-state index is 0.446. The second-order valence-electron chi connectivity index (χ2n) is 5.11. The van der Waals surface area contributed by atoms with Crippen molar-refractivity contribution in [2.24, 2.45) is 0 Å². The van der Waals surface area contributed by atoms with Crippen LogP contribution in [0.15, 0.2) is 54.7 Å². The topological polar surface area (TPSA) is 40.7 Å². The first-order valence-corrected chi connectivity index (χ1v) is 7.09. The normalized spacial score (nSPS) is 12.4. The number of aromatic nitrogens is 2. The maximum Gasteiger partial charge on any atom is 0.0651 e. The molecule has 1 atom stereocenters. The van der Waals surface area contributed by atoms with Gasteiger partial charge in [0, 0.05) is 17.1 Å². The Balaban J connectivity index is 1.73. The molecule has 2 N–H and O–H groups in total. The number of nitrogens with one attached hydrogen (secondary N) is 2. The van der Waals surface area contributed by atoms with E-state index in [1.807, 2.05) is 6.20 Å². The third-order valence-electron chi connectivity index (χ3n) is 3.63. The second-order valence-corrected chi connectivity index (χ2v) is 5.11. The fraction of sp³-hybridized carbons (Fsp3) is 0.235. The fourth-order valence-electron chi connectivity index (χ4n) is 2.46. The molecule has 0 spiro atoms. The molecule has 3 nitrogen and oxygen atoms in total. The lowest BCUT2D eigenvalue weighted by Gasteiger charge is -2.18. The predicted octanol–water partition coefficient (Wildman–Crippen LogP) is 4.00. The van der Waals surface area contributed by atoms with Crippen LogP contribution in [0.3, 0.4) is 0 Å². The molecule has 3 rings (SSSR count). The second kappa shape index (κ2) is 5.78. The van der Waals surface area contributed by atoms with E-state index in [2.05, 4.69) is 71.0 Å². The molecule has 0 bridgehead atoms. The van der Waals surface area contributed by atoms with Crippen molar-refractivity contribution in [1.82, 2.24) is 10.2 Å². The van der Waals surface area contributed by atoms with Crippen molar-refractivity contribution in [3.63, 3.8) is 0 Å². The molecule has 0 amide bonds. The molecule has 0 fully saturated rings. The van der Waals surface area contributed by atoms with Crippen LogP contribution in [-0.4, -0.2) is 16.2 Å². The van der Waals surface area contributed by atoms with E-state index in [0.29, 0.717) is 6.04 Å². The van der Waals surface area contributed by atoms with Crippen LogP contribution in [0.25, 0.3) is 10.9 Å². The Morgan fingerprint density at radius 2 is 2.00 bits per heavy atom. The molecule has 0 aliphatic carbocycles. The summed E-state index contributed by atoms with van der Waals surface area (Å²) in [6.07, 6.45) is 4.00. The zero-order chi connectivity index (χ0) is 13.8. The highest BCUT2D eigenvalue weighted by atomic mass is 15.1. The van der Waals surface area contributed by atoms with Crippen LogP contribution in [0, 0.1) is 0 Å². The molecule has 2 aromatic carbocycles. The zero-order valence-electron chi connectivity index (χ0n) is 11.6. The molecule has 1 unspecified atom stereocenters. The summed E-state index contributed by atoms with van der Waals surface area (Å²) < 4.78 is 0. The molecule has 1 heterocycles. The first-order chi connectivity index (χ1) is 9.85. The Morgan fingerprint density at radius 1 is 1.15 bits per heavy atom. The molecular weight excluding hydrogens is 246 g/mol. The first-order valence-electron chi connectivity index (χ1n) is 7.09. The van der Waals surface area contributed by atoms with E-state index in [9.17, 15) is 0 Å². The molecule has 3 aromatic rings. The summed E-state index contributed by atoms with van der Waals surface area (Å²) >= 11 is 0. The third-order valence-corrected chi connectivity index (χ3v) is 3.63. The molecule has 3 heteroatoms. The molecule has 102 valence electrons. The van der Waals surface area contributed by atoms with Gasteiger partial charge in [0.15, 0.2) is 0 Å². The van der Waals surface area contributed by atoms with E-state index in [1.54, 1.807) is 0 Å². The maximum absolute atomic E-state index is 4.06. The minimum absolute atomic E-state index is 0.446. The predicted molar refractivity (Wildman–Crippen MR) is 83.9 cm³/mol. The van der Waals surface area contributed by atoms with E-state index in [4.69, 9.17) is 0 Å². The third kappa shape index (κ3) is 2.82. The van der Waals surface area contributed by atoms with Crippen molar-refractivity contribution >= 4 is 16.6 Å². The van der Waals surface area contributed by atoms with E-state index in [1.165, 1.54) is 5.56 Å². The highest BCUT2D eigenvalue weighted by Gasteiger charge is 2.08. The molecule has 0 saturated carbocycles. The van der Waals surface area contributed by atoms with Gasteiger partial charge in [0.25, 0.3) is 0 Å². The number of nitrogens with zero attached hydrogens (tertiary/aromatic N) is 1. The molecule has 0 aliphatic rings. The standard InChI is InChI=1S/C17H19N3/c1-2-15(10-13-6-4-3-5-7-13)19-16-8-9-17-14(11-16)12-18-20-17/h3-9,11-12,15,19H,2,10H2,1H3,(H,18,20). The summed E-state index contributed by atoms with van der Waals surface area (Å²) in [5, 5.41) is 11.8. The Labute approximate surface area is 119 Å². The lowest BCUT2D eigenvalue weighted by atomic mass is 10.0. The summed E-state index contributed by atoms with van der Waals surface area (Å²) in [5.41, 5.74) is 3.60. The SMILES string of the molecule is CCC(Cc1ccccc1)Nc1ccc2[nH]ncc2c1. The Morgan fingerprint density at radius 3 is 2.80 bits per heavy atom. The smallest absolute Gasteiger partial charge is 0.0651 e. The van der Waals surface area contributed by atoms with Gasteiger partial charge >= 0.3 is 0 Å². The van der Waals surface area contributed by atoms with Crippen molar-refractivity contribution in [3.05, 3.63) is 60.3 Å². The average Bonchev–Trinajstić information content (AvgIpc) is 2.95. The van der Waals surface area contributed by atoms with Crippen LogP contribution in [0.1, 0.15) is 18.9 Å². The number of aromatic amines is 1. The fourth-order valence-corrected chi connectivity index (χ4v) is 2.46. The van der Waals surface area contributed by atoms with Gasteiger partial charge in [-0.2, -0.15) is 5.10 Å². The minimum Gasteiger partial charge on any atom is -0.382 e. The van der Waals surface area contributed by atoms with Gasteiger partial charge in [-0.3, -0.25) is 5.10 Å². The van der Waals surface area contributed by atoms with Crippen molar-refractivity contribution in [3.8, 4) is 0 Å². The number of hydrogen-bond acceptors (Lipinski definition) is 2. The van der Waals surface area contributed by atoms with Crippen molar-refractivity contribution in [2.75, 3.05) is 5.32 Å². The van der Waals surface area contributed by atoms with E-state index in [-0.39, 0.29) is 0 Å². The Kier molecular flexibility index (Phi) is 3.68. The number of rotatable bonds is 5. The van der Waals surface area contributed by atoms with Crippen LogP contribution in [-0.2, 0) is 6.42 Å². The first kappa shape index (κ1) is 12.7. The summed E-state index contributed by atoms with van der Waals surface area (Å²) in [4.78, 5) is 0. The molecule has 0 saturated heterocycles. The Bertz CT molecular complexity index is 673. The van der Waals surface area contributed by atoms with Crippen LogP contribution >= 0.6 is 0 Å². The van der Waals surface area contributed by atoms with Gasteiger partial charge in [-0.25, -0.2) is 0 Å². The van der Waals surface area contributed by atoms with Gasteiger partial charge in [-0.05, 0) is 36.6 Å². The summed E-state index contributed by atoms with van der Waals surface area (Å²) in [6, 6.07) is 17.4. The lowest BCUT2D eigenvalue weighted by molar-refractivity contribution is 0.690. The molecular formula is C17H19N3. The van der Waals surface area contributed by atoms with Gasteiger partial charge in [-0.15, -0.1) is 0 Å². The quantitative estimate of drug-likeness (QED) is 0.732. The van der Waals surface area contributed by atoms with E-state index >= 15 is 0 Å². The molecule has 20 heavy (non-hydrogen) atoms. The highest BCUT2D eigenvalue weighted by molar-refractivity contribution is 5.81. The van der Waals surface area contributed by atoms with Crippen molar-refractivity contribution in [1.29, 1.82) is 0 Å². The monoisotopic (exact) mass is 265 g/mol. The molecule has 0 aliphatic heterocycles. The average molecular weight is 265 g/mol. The van der Waals surface area contributed by atoms with Crippen molar-refractivity contribution < 1.29 is 0 Å². The maximum atomic E-state index is 4.06. The number of anilines is 1. The summed E-state index contributed by atoms with van der Waals surface area (Å²) in [6.45, 7) is 2.22. The Hall–Kier alpha value is -2.29. The van der Waals surface area contributed by atoms with Crippen LogP contribution in [0.2, 0.25) is 0 Å².